The van der Waals surface area contributed by atoms with Crippen molar-refractivity contribution in [2.75, 3.05) is 14.2 Å². The van der Waals surface area contributed by atoms with Gasteiger partial charge in [-0.3, -0.25) is 9.59 Å². The second-order valence-corrected chi connectivity index (χ2v) is 3.68. The van der Waals surface area contributed by atoms with E-state index in [0.717, 1.165) is 6.08 Å². The highest BCUT2D eigenvalue weighted by Crippen LogP contribution is 2.30. The van der Waals surface area contributed by atoms with Gasteiger partial charge < -0.3 is 13.9 Å². The third-order valence-corrected chi connectivity index (χ3v) is 2.65. The fourth-order valence-corrected chi connectivity index (χ4v) is 1.84. The van der Waals surface area contributed by atoms with Crippen LogP contribution in [0.5, 0.6) is 0 Å². The molecule has 0 saturated heterocycles. The zero-order valence-corrected chi connectivity index (χ0v) is 9.83. The van der Waals surface area contributed by atoms with Crippen molar-refractivity contribution in [2.45, 2.75) is 13.5 Å². The summed E-state index contributed by atoms with van der Waals surface area (Å²) in [5, 5.41) is 0. The van der Waals surface area contributed by atoms with Gasteiger partial charge in [0.05, 0.1) is 19.3 Å². The summed E-state index contributed by atoms with van der Waals surface area (Å²) in [5.74, 6) is -0.0850. The summed E-state index contributed by atoms with van der Waals surface area (Å²) in [4.78, 5) is 23.8. The number of carbonyl (C=O) groups is 2. The topological polar surface area (TPSA) is 65.7 Å². The number of ketones is 2. The Kier molecular flexibility index (Phi) is 2.85. The molecule has 0 spiro atoms. The van der Waals surface area contributed by atoms with Crippen molar-refractivity contribution >= 4 is 11.6 Å². The maximum atomic E-state index is 12.0. The minimum Gasteiger partial charge on any atom is -0.492 e. The molecule has 0 unspecified atom stereocenters. The first-order valence-corrected chi connectivity index (χ1v) is 5.06. The summed E-state index contributed by atoms with van der Waals surface area (Å²) in [7, 11) is 2.87. The second-order valence-electron chi connectivity index (χ2n) is 3.68. The van der Waals surface area contributed by atoms with Crippen LogP contribution < -0.4 is 0 Å². The monoisotopic (exact) mass is 236 g/mol. The smallest absolute Gasteiger partial charge is 0.232 e. The molecule has 0 aliphatic heterocycles. The lowest BCUT2D eigenvalue weighted by Gasteiger charge is -2.10. The number of hydrogen-bond donors (Lipinski definition) is 0. The van der Waals surface area contributed by atoms with E-state index in [1.165, 1.54) is 14.2 Å². The van der Waals surface area contributed by atoms with Crippen molar-refractivity contribution in [3.8, 4) is 0 Å². The molecule has 17 heavy (non-hydrogen) atoms. The first-order valence-electron chi connectivity index (χ1n) is 5.06. The molecule has 0 N–H and O–H groups in total. The quantitative estimate of drug-likeness (QED) is 0.798. The van der Waals surface area contributed by atoms with Crippen LogP contribution in [-0.4, -0.2) is 25.8 Å². The fourth-order valence-electron chi connectivity index (χ4n) is 1.84. The highest BCUT2D eigenvalue weighted by Gasteiger charge is 2.34. The highest BCUT2D eigenvalue weighted by molar-refractivity contribution is 6.23. The van der Waals surface area contributed by atoms with Gasteiger partial charge in [-0.25, -0.2) is 0 Å². The van der Waals surface area contributed by atoms with Crippen molar-refractivity contribution in [3.05, 3.63) is 34.5 Å². The Labute approximate surface area is 98.0 Å². The number of hydrogen-bond acceptors (Lipinski definition) is 5. The molecule has 0 aromatic carbocycles. The predicted octanol–water partition coefficient (Wildman–Crippen LogP) is 1.64. The van der Waals surface area contributed by atoms with Crippen LogP contribution in [0.1, 0.15) is 32.2 Å². The molecule has 1 aromatic rings. The molecular formula is C12H12O5. The van der Waals surface area contributed by atoms with Crippen LogP contribution in [-0.2, 0) is 16.1 Å². The number of furan rings is 1. The van der Waals surface area contributed by atoms with E-state index in [-0.39, 0.29) is 35.3 Å². The number of rotatable bonds is 3. The molecule has 0 saturated carbocycles. The third-order valence-electron chi connectivity index (χ3n) is 2.65. The van der Waals surface area contributed by atoms with Crippen LogP contribution in [0.2, 0.25) is 0 Å². The van der Waals surface area contributed by atoms with Crippen molar-refractivity contribution in [1.82, 2.24) is 0 Å². The second kappa shape index (κ2) is 4.18. The van der Waals surface area contributed by atoms with Gasteiger partial charge in [0.1, 0.15) is 5.76 Å². The lowest BCUT2D eigenvalue weighted by molar-refractivity contribution is 0.0902. The normalized spacial score (nSPS) is 14.6. The van der Waals surface area contributed by atoms with Gasteiger partial charge in [0.15, 0.2) is 11.5 Å². The summed E-state index contributed by atoms with van der Waals surface area (Å²) >= 11 is 0. The SMILES string of the molecule is COCc1c(C)oc2c1C(=O)C(OC)=CC2=O. The Morgan fingerprint density at radius 1 is 1.29 bits per heavy atom. The van der Waals surface area contributed by atoms with E-state index >= 15 is 0 Å². The summed E-state index contributed by atoms with van der Waals surface area (Å²) in [5.41, 5.74) is 0.859. The van der Waals surface area contributed by atoms with Crippen LogP contribution in [0.4, 0.5) is 0 Å². The molecule has 0 bridgehead atoms. The molecule has 1 aliphatic carbocycles. The average Bonchev–Trinajstić information content (AvgIpc) is 2.63. The first kappa shape index (κ1) is 11.6. The predicted molar refractivity (Wildman–Crippen MR) is 57.9 cm³/mol. The van der Waals surface area contributed by atoms with E-state index in [9.17, 15) is 9.59 Å². The summed E-state index contributed by atoms with van der Waals surface area (Å²) in [6, 6.07) is 0. The van der Waals surface area contributed by atoms with E-state index in [1.54, 1.807) is 6.92 Å². The Bertz CT molecular complexity index is 521. The molecular weight excluding hydrogens is 224 g/mol. The van der Waals surface area contributed by atoms with Gasteiger partial charge in [-0.05, 0) is 6.92 Å². The van der Waals surface area contributed by atoms with Crippen molar-refractivity contribution in [1.29, 1.82) is 0 Å². The van der Waals surface area contributed by atoms with Gasteiger partial charge in [0.25, 0.3) is 0 Å². The molecule has 90 valence electrons. The van der Waals surface area contributed by atoms with Crippen LogP contribution >= 0.6 is 0 Å². The van der Waals surface area contributed by atoms with Crippen LogP contribution in [0.15, 0.2) is 16.3 Å². The van der Waals surface area contributed by atoms with Crippen molar-refractivity contribution in [3.63, 3.8) is 0 Å². The van der Waals surface area contributed by atoms with Crippen molar-refractivity contribution < 1.29 is 23.5 Å². The largest absolute Gasteiger partial charge is 0.492 e. The van der Waals surface area contributed by atoms with Crippen LogP contribution in [0.25, 0.3) is 0 Å². The van der Waals surface area contributed by atoms with Crippen LogP contribution in [0.3, 0.4) is 0 Å². The Morgan fingerprint density at radius 3 is 2.59 bits per heavy atom. The van der Waals surface area contributed by atoms with E-state index in [2.05, 4.69) is 0 Å². The number of Topliss-reactive ketones (excluding diaryl/α,β-unsaturated/α-hetero) is 1. The van der Waals surface area contributed by atoms with E-state index in [0.29, 0.717) is 11.3 Å². The highest BCUT2D eigenvalue weighted by atomic mass is 16.5. The minimum atomic E-state index is -0.359. The first-order chi connectivity index (χ1) is 8.10. The number of carbonyl (C=O) groups excluding carboxylic acids is 2. The molecule has 5 nitrogen and oxygen atoms in total. The number of ether oxygens (including phenoxy) is 2. The summed E-state index contributed by atoms with van der Waals surface area (Å²) < 4.78 is 15.2. The van der Waals surface area contributed by atoms with E-state index in [4.69, 9.17) is 13.9 Å². The molecule has 2 rings (SSSR count). The maximum absolute atomic E-state index is 12.0. The number of fused-ring (bicyclic) bond motifs is 1. The molecule has 1 heterocycles. The van der Waals surface area contributed by atoms with E-state index < -0.39 is 0 Å². The third kappa shape index (κ3) is 1.68. The average molecular weight is 236 g/mol. The standard InChI is InChI=1S/C12H12O5/c1-6-7(5-15-2)10-11(14)9(16-3)4-8(13)12(10)17-6/h4H,5H2,1-3H3. The number of aryl methyl sites for hydroxylation is 1. The molecule has 0 amide bonds. The molecule has 1 aliphatic rings. The lowest BCUT2D eigenvalue weighted by Crippen LogP contribution is -2.17. The van der Waals surface area contributed by atoms with Crippen molar-refractivity contribution in [2.24, 2.45) is 0 Å². The van der Waals surface area contributed by atoms with Gasteiger partial charge in [-0.2, -0.15) is 0 Å². The molecule has 0 fully saturated rings. The molecule has 0 radical (unpaired) electrons. The molecule has 0 atom stereocenters. The van der Waals surface area contributed by atoms with Gasteiger partial charge in [0, 0.05) is 18.7 Å². The number of methoxy groups -OCH3 is 2. The zero-order chi connectivity index (χ0) is 12.6. The number of allylic oxidation sites excluding steroid dienone is 2. The van der Waals surface area contributed by atoms with Crippen LogP contribution in [0, 0.1) is 6.92 Å². The fraction of sp³-hybridized carbons (Fsp3) is 0.333. The molecule has 5 heteroatoms. The Hall–Kier alpha value is -1.88. The maximum Gasteiger partial charge on any atom is 0.232 e. The zero-order valence-electron chi connectivity index (χ0n) is 9.83. The van der Waals surface area contributed by atoms with E-state index in [1.807, 2.05) is 0 Å². The summed E-state index contributed by atoms with van der Waals surface area (Å²) in [6.45, 7) is 1.92. The summed E-state index contributed by atoms with van der Waals surface area (Å²) in [6.07, 6.45) is 1.14. The van der Waals surface area contributed by atoms with Gasteiger partial charge >= 0.3 is 0 Å². The lowest BCUT2D eigenvalue weighted by atomic mass is 9.96. The Balaban J connectivity index is 2.60. The minimum absolute atomic E-state index is 0.0284. The van der Waals surface area contributed by atoms with Gasteiger partial charge in [-0.15, -0.1) is 0 Å². The van der Waals surface area contributed by atoms with Gasteiger partial charge in [0.2, 0.25) is 11.6 Å². The van der Waals surface area contributed by atoms with Gasteiger partial charge in [-0.1, -0.05) is 0 Å². The molecule has 1 aromatic heterocycles. The Morgan fingerprint density at radius 2 is 2.00 bits per heavy atom.